The van der Waals surface area contributed by atoms with Crippen LogP contribution in [0, 0.1) is 20.8 Å². The number of benzene rings is 3. The largest absolute Gasteiger partial charge is 0.490 e. The van der Waals surface area contributed by atoms with Crippen LogP contribution in [0.25, 0.3) is 0 Å². The van der Waals surface area contributed by atoms with Gasteiger partial charge in [0.25, 0.3) is 5.91 Å². The molecule has 2 heterocycles. The van der Waals surface area contributed by atoms with Gasteiger partial charge in [-0.1, -0.05) is 66.2 Å². The van der Waals surface area contributed by atoms with Crippen LogP contribution < -0.4 is 20.1 Å². The number of allylic oxidation sites excluding steroid dienone is 1. The molecule has 0 spiro atoms. The molecular weight excluding hydrogens is 638 g/mol. The summed E-state index contributed by atoms with van der Waals surface area (Å²) in [6.07, 6.45) is 1.00. The molecule has 0 bridgehead atoms. The van der Waals surface area contributed by atoms with Gasteiger partial charge >= 0.3 is 0 Å². The number of nitrogens with zero attached hydrogens (tertiary/aromatic N) is 3. The minimum atomic E-state index is -0.567. The molecule has 3 aromatic carbocycles. The van der Waals surface area contributed by atoms with Crippen LogP contribution in [0.1, 0.15) is 61.1 Å². The normalized spacial score (nSPS) is 14.2. The predicted octanol–water partition coefficient (Wildman–Crippen LogP) is 8.37. The lowest BCUT2D eigenvalue weighted by molar-refractivity contribution is -0.113. The number of hydrogen-bond acceptors (Lipinski definition) is 7. The van der Waals surface area contributed by atoms with Crippen molar-refractivity contribution >= 4 is 45.2 Å². The number of ether oxygens (including phenoxy) is 2. The summed E-state index contributed by atoms with van der Waals surface area (Å²) in [7, 11) is 0. The molecule has 5 rings (SSSR count). The Hall–Kier alpha value is -3.76. The van der Waals surface area contributed by atoms with Crippen LogP contribution in [0.2, 0.25) is 0 Å². The monoisotopic (exact) mass is 675 g/mol. The van der Waals surface area contributed by atoms with Gasteiger partial charge in [-0.25, -0.2) is 4.68 Å². The van der Waals surface area contributed by atoms with Crippen LogP contribution in [0.3, 0.4) is 0 Å². The van der Waals surface area contributed by atoms with E-state index in [9.17, 15) is 4.79 Å². The number of amides is 1. The first-order valence-electron chi connectivity index (χ1n) is 14.8. The van der Waals surface area contributed by atoms with Crippen LogP contribution >= 0.6 is 27.7 Å². The molecule has 1 aliphatic rings. The zero-order chi connectivity index (χ0) is 31.4. The molecule has 10 heteroatoms. The van der Waals surface area contributed by atoms with Crippen molar-refractivity contribution in [3.8, 4) is 11.5 Å². The number of aryl methyl sites for hydroxylation is 3. The summed E-state index contributed by atoms with van der Waals surface area (Å²) in [5.74, 6) is 2.45. The van der Waals surface area contributed by atoms with Crippen LogP contribution in [0.4, 0.5) is 11.6 Å². The fourth-order valence-corrected chi connectivity index (χ4v) is 6.38. The Morgan fingerprint density at radius 3 is 2.48 bits per heavy atom. The van der Waals surface area contributed by atoms with E-state index in [4.69, 9.17) is 19.6 Å². The van der Waals surface area contributed by atoms with Crippen LogP contribution in [-0.4, -0.2) is 33.0 Å². The fourth-order valence-electron chi connectivity index (χ4n) is 5.12. The Morgan fingerprint density at radius 1 is 1.02 bits per heavy atom. The van der Waals surface area contributed by atoms with Gasteiger partial charge in [-0.3, -0.25) is 4.79 Å². The number of nitrogens with one attached hydrogen (secondary N) is 2. The van der Waals surface area contributed by atoms with Gasteiger partial charge in [-0.2, -0.15) is 4.98 Å². The molecule has 8 nitrogen and oxygen atoms in total. The summed E-state index contributed by atoms with van der Waals surface area (Å²) < 4.78 is 14.9. The first-order chi connectivity index (χ1) is 21.2. The van der Waals surface area contributed by atoms with Gasteiger partial charge in [0, 0.05) is 17.1 Å². The first kappa shape index (κ1) is 31.7. The second kappa shape index (κ2) is 13.9. The molecule has 2 N–H and O–H groups in total. The van der Waals surface area contributed by atoms with Gasteiger partial charge in [0.05, 0.1) is 16.7 Å². The molecule has 0 fully saturated rings. The summed E-state index contributed by atoms with van der Waals surface area (Å²) in [6.45, 7) is 12.9. The minimum Gasteiger partial charge on any atom is -0.490 e. The number of halogens is 1. The predicted molar refractivity (Wildman–Crippen MR) is 181 cm³/mol. The van der Waals surface area contributed by atoms with Crippen molar-refractivity contribution < 1.29 is 14.3 Å². The Kier molecular flexibility index (Phi) is 10.0. The molecule has 0 saturated heterocycles. The van der Waals surface area contributed by atoms with E-state index >= 15 is 0 Å². The number of aromatic nitrogens is 3. The molecule has 1 aliphatic heterocycles. The highest BCUT2D eigenvalue weighted by atomic mass is 79.9. The van der Waals surface area contributed by atoms with Crippen LogP contribution in [0.15, 0.2) is 75.5 Å². The second-order valence-corrected chi connectivity index (χ2v) is 12.8. The van der Waals surface area contributed by atoms with E-state index < -0.39 is 6.04 Å². The van der Waals surface area contributed by atoms with Gasteiger partial charge < -0.3 is 20.1 Å². The molecule has 44 heavy (non-hydrogen) atoms. The van der Waals surface area contributed by atoms with E-state index in [1.165, 1.54) is 5.56 Å². The molecule has 1 aromatic heterocycles. The lowest BCUT2D eigenvalue weighted by Gasteiger charge is -2.29. The van der Waals surface area contributed by atoms with E-state index in [0.717, 1.165) is 44.6 Å². The van der Waals surface area contributed by atoms with Crippen molar-refractivity contribution in [1.82, 2.24) is 14.8 Å². The SMILES string of the molecule is CCCSc1nc2n(n1)C(c1cc(Br)c(OCc3ccc(C)cc3)c(OCC)c1)C(C(=O)Nc1ccc(C)cc1C)=C(C)N2. The minimum absolute atomic E-state index is 0.218. The Labute approximate surface area is 271 Å². The maximum absolute atomic E-state index is 14.1. The molecule has 0 saturated carbocycles. The highest BCUT2D eigenvalue weighted by molar-refractivity contribution is 9.10. The van der Waals surface area contributed by atoms with Crippen LogP contribution in [-0.2, 0) is 11.4 Å². The first-order valence-corrected chi connectivity index (χ1v) is 16.6. The van der Waals surface area contributed by atoms with Gasteiger partial charge in [0.2, 0.25) is 11.1 Å². The molecule has 0 aliphatic carbocycles. The van der Waals surface area contributed by atoms with Crippen molar-refractivity contribution in [3.63, 3.8) is 0 Å². The second-order valence-electron chi connectivity index (χ2n) is 10.9. The maximum Gasteiger partial charge on any atom is 0.255 e. The molecule has 4 aromatic rings. The average Bonchev–Trinajstić information content (AvgIpc) is 3.39. The van der Waals surface area contributed by atoms with Crippen molar-refractivity contribution in [2.75, 3.05) is 23.0 Å². The van der Waals surface area contributed by atoms with Crippen molar-refractivity contribution in [2.45, 2.75) is 65.8 Å². The van der Waals surface area contributed by atoms with E-state index in [1.54, 1.807) is 16.4 Å². The smallest absolute Gasteiger partial charge is 0.255 e. The topological polar surface area (TPSA) is 90.3 Å². The maximum atomic E-state index is 14.1. The summed E-state index contributed by atoms with van der Waals surface area (Å²) in [4.78, 5) is 18.8. The molecule has 1 atom stereocenters. The number of rotatable bonds is 11. The van der Waals surface area contributed by atoms with Gasteiger partial charge in [-0.05, 0) is 91.9 Å². The van der Waals surface area contributed by atoms with Crippen molar-refractivity contribution in [1.29, 1.82) is 0 Å². The summed E-state index contributed by atoms with van der Waals surface area (Å²) in [5, 5.41) is 12.0. The zero-order valence-electron chi connectivity index (χ0n) is 26.0. The zero-order valence-corrected chi connectivity index (χ0v) is 28.4. The number of hydrogen-bond donors (Lipinski definition) is 2. The highest BCUT2D eigenvalue weighted by Crippen LogP contribution is 2.43. The lowest BCUT2D eigenvalue weighted by Crippen LogP contribution is -2.31. The van der Waals surface area contributed by atoms with Gasteiger partial charge in [-0.15, -0.1) is 5.10 Å². The lowest BCUT2D eigenvalue weighted by atomic mass is 9.94. The highest BCUT2D eigenvalue weighted by Gasteiger charge is 2.35. The Morgan fingerprint density at radius 2 is 1.77 bits per heavy atom. The quantitative estimate of drug-likeness (QED) is 0.154. The number of fused-ring (bicyclic) bond motifs is 1. The number of thioether (sulfide) groups is 1. The molecular formula is C34H38BrN5O3S. The third-order valence-electron chi connectivity index (χ3n) is 7.29. The molecule has 0 radical (unpaired) electrons. The van der Waals surface area contributed by atoms with Gasteiger partial charge in [0.1, 0.15) is 12.6 Å². The third kappa shape index (κ3) is 6.97. The summed E-state index contributed by atoms with van der Waals surface area (Å²) >= 11 is 5.35. The average molecular weight is 677 g/mol. The van der Waals surface area contributed by atoms with Gasteiger partial charge in [0.15, 0.2) is 11.5 Å². The Balaban J connectivity index is 1.56. The number of carbonyl (C=O) groups excluding carboxylic acids is 1. The third-order valence-corrected chi connectivity index (χ3v) is 8.93. The molecule has 230 valence electrons. The Bertz CT molecular complexity index is 1700. The van der Waals surface area contributed by atoms with E-state index in [1.807, 2.05) is 52.0 Å². The van der Waals surface area contributed by atoms with Crippen LogP contribution in [0.5, 0.6) is 11.5 Å². The summed E-state index contributed by atoms with van der Waals surface area (Å²) in [5.41, 5.74) is 7.20. The van der Waals surface area contributed by atoms with Crippen molar-refractivity contribution in [2.24, 2.45) is 0 Å². The van der Waals surface area contributed by atoms with E-state index in [2.05, 4.69) is 70.7 Å². The van der Waals surface area contributed by atoms with Crippen molar-refractivity contribution in [3.05, 3.63) is 98.2 Å². The van der Waals surface area contributed by atoms with E-state index in [0.29, 0.717) is 47.1 Å². The fraction of sp³-hybridized carbons (Fsp3) is 0.324. The number of anilines is 2. The van der Waals surface area contributed by atoms with E-state index in [-0.39, 0.29) is 5.91 Å². The standard InChI is InChI=1S/C34H38BrN5O3S/c1-7-15-44-34-38-33-36-23(6)29(32(41)37-27-14-11-21(4)16-22(27)5)30(40(33)39-34)25-17-26(35)31(28(18-25)42-8-2)43-19-24-12-9-20(3)10-13-24/h9-14,16-18,30H,7-8,15,19H2,1-6H3,(H,37,41)(H,36,38,39). The summed E-state index contributed by atoms with van der Waals surface area (Å²) in [6, 6.07) is 17.6. The molecule has 1 amide bonds. The number of carbonyl (C=O) groups is 1. The molecule has 1 unspecified atom stereocenters.